The summed E-state index contributed by atoms with van der Waals surface area (Å²) in [7, 11) is 0. The van der Waals surface area contributed by atoms with Crippen molar-refractivity contribution in [3.63, 3.8) is 0 Å². The van der Waals surface area contributed by atoms with Crippen molar-refractivity contribution in [3.05, 3.63) is 65.7 Å². The van der Waals surface area contributed by atoms with Crippen LogP contribution in [0.25, 0.3) is 11.2 Å². The van der Waals surface area contributed by atoms with E-state index in [9.17, 15) is 9.18 Å². The van der Waals surface area contributed by atoms with E-state index in [0.717, 1.165) is 11.1 Å². The number of hydrogen-bond acceptors (Lipinski definition) is 8. The van der Waals surface area contributed by atoms with E-state index in [1.54, 1.807) is 16.8 Å². The Balaban J connectivity index is 1.21. The lowest BCUT2D eigenvalue weighted by Gasteiger charge is -2.06. The van der Waals surface area contributed by atoms with Gasteiger partial charge in [0.15, 0.2) is 22.7 Å². The number of halogens is 1. The van der Waals surface area contributed by atoms with Crippen molar-refractivity contribution in [2.45, 2.75) is 18.1 Å². The predicted molar refractivity (Wildman–Crippen MR) is 114 cm³/mol. The zero-order chi connectivity index (χ0) is 21.9. The van der Waals surface area contributed by atoms with Crippen molar-refractivity contribution in [1.29, 1.82) is 0 Å². The Labute approximate surface area is 186 Å². The molecule has 11 heteroatoms. The largest absolute Gasteiger partial charge is 0.454 e. The van der Waals surface area contributed by atoms with E-state index in [0.29, 0.717) is 40.8 Å². The first-order valence-corrected chi connectivity index (χ1v) is 10.7. The molecule has 0 aliphatic carbocycles. The minimum Gasteiger partial charge on any atom is -0.454 e. The molecule has 5 rings (SSSR count). The highest BCUT2D eigenvalue weighted by Crippen LogP contribution is 2.32. The van der Waals surface area contributed by atoms with Gasteiger partial charge in [-0.25, -0.2) is 19.0 Å². The number of ether oxygens (including phenoxy) is 2. The number of carbonyl (C=O) groups excluding carboxylic acids is 1. The molecule has 0 fully saturated rings. The molecule has 0 saturated carbocycles. The molecule has 0 unspecified atom stereocenters. The highest BCUT2D eigenvalue weighted by atomic mass is 32.2. The quantitative estimate of drug-likeness (QED) is 0.337. The van der Waals surface area contributed by atoms with Gasteiger partial charge < -0.3 is 14.8 Å². The minimum atomic E-state index is -0.296. The van der Waals surface area contributed by atoms with Gasteiger partial charge >= 0.3 is 0 Å². The summed E-state index contributed by atoms with van der Waals surface area (Å²) < 4.78 is 25.4. The number of thioether (sulfide) groups is 1. The number of benzene rings is 2. The molecule has 9 nitrogen and oxygen atoms in total. The summed E-state index contributed by atoms with van der Waals surface area (Å²) in [5, 5.41) is 11.8. The van der Waals surface area contributed by atoms with Crippen LogP contribution in [-0.4, -0.2) is 43.4 Å². The van der Waals surface area contributed by atoms with Crippen LogP contribution in [0.2, 0.25) is 0 Å². The van der Waals surface area contributed by atoms with E-state index < -0.39 is 0 Å². The first-order chi connectivity index (χ1) is 15.7. The molecule has 1 amide bonds. The van der Waals surface area contributed by atoms with Gasteiger partial charge in [-0.15, -0.1) is 5.10 Å². The summed E-state index contributed by atoms with van der Waals surface area (Å²) in [6.45, 7) is 0.987. The molecule has 4 aromatic rings. The lowest BCUT2D eigenvalue weighted by atomic mass is 10.2. The summed E-state index contributed by atoms with van der Waals surface area (Å²) in [5.41, 5.74) is 2.85. The molecule has 1 aliphatic heterocycles. The maximum Gasteiger partial charge on any atom is 0.231 e. The van der Waals surface area contributed by atoms with Crippen molar-refractivity contribution in [2.24, 2.45) is 0 Å². The number of nitrogens with zero attached hydrogens (tertiary/aromatic N) is 5. The Hall–Kier alpha value is -3.73. The maximum atomic E-state index is 13.1. The SMILES string of the molecule is O=C(CSc1ncnc2c1nnn2Cc1ccc(F)cc1)NCc1ccc2c(c1)OCO2. The Morgan fingerprint density at radius 1 is 1.09 bits per heavy atom. The topological polar surface area (TPSA) is 104 Å². The number of nitrogens with one attached hydrogen (secondary N) is 1. The molecule has 1 aliphatic rings. The van der Waals surface area contributed by atoms with E-state index in [1.165, 1.54) is 30.2 Å². The highest BCUT2D eigenvalue weighted by Gasteiger charge is 2.15. The third-order valence-electron chi connectivity index (χ3n) is 4.78. The Morgan fingerprint density at radius 2 is 1.91 bits per heavy atom. The summed E-state index contributed by atoms with van der Waals surface area (Å²) in [6.07, 6.45) is 1.42. The fourth-order valence-electron chi connectivity index (χ4n) is 3.18. The fraction of sp³-hybridized carbons (Fsp3) is 0.190. The normalized spacial score (nSPS) is 12.3. The monoisotopic (exact) mass is 452 g/mol. The Kier molecular flexibility index (Phi) is 5.55. The minimum absolute atomic E-state index is 0.141. The van der Waals surface area contributed by atoms with Gasteiger partial charge in [0, 0.05) is 6.54 Å². The third kappa shape index (κ3) is 4.33. The second-order valence-electron chi connectivity index (χ2n) is 6.98. The van der Waals surface area contributed by atoms with Crippen molar-refractivity contribution < 1.29 is 18.7 Å². The maximum absolute atomic E-state index is 13.1. The Morgan fingerprint density at radius 3 is 2.78 bits per heavy atom. The molecule has 162 valence electrons. The fourth-order valence-corrected chi connectivity index (χ4v) is 3.94. The average Bonchev–Trinajstić information content (AvgIpc) is 3.45. The molecule has 1 N–H and O–H groups in total. The summed E-state index contributed by atoms with van der Waals surface area (Å²) >= 11 is 1.26. The van der Waals surface area contributed by atoms with E-state index in [4.69, 9.17) is 9.47 Å². The number of fused-ring (bicyclic) bond motifs is 2. The van der Waals surface area contributed by atoms with Gasteiger partial charge in [0.1, 0.15) is 17.2 Å². The summed E-state index contributed by atoms with van der Waals surface area (Å²) in [4.78, 5) is 20.8. The van der Waals surface area contributed by atoms with Gasteiger partial charge in [0.25, 0.3) is 0 Å². The zero-order valence-corrected chi connectivity index (χ0v) is 17.5. The van der Waals surface area contributed by atoms with Crippen LogP contribution in [0.1, 0.15) is 11.1 Å². The third-order valence-corrected chi connectivity index (χ3v) is 5.76. The van der Waals surface area contributed by atoms with Crippen molar-refractivity contribution >= 4 is 28.8 Å². The van der Waals surface area contributed by atoms with Crippen LogP contribution >= 0.6 is 11.8 Å². The molecule has 0 saturated heterocycles. The molecule has 2 aromatic heterocycles. The molecule has 3 heterocycles. The number of aromatic nitrogens is 5. The van der Waals surface area contributed by atoms with E-state index in [-0.39, 0.29) is 24.3 Å². The van der Waals surface area contributed by atoms with E-state index in [2.05, 4.69) is 25.6 Å². The van der Waals surface area contributed by atoms with Crippen LogP contribution in [0.3, 0.4) is 0 Å². The molecular weight excluding hydrogens is 435 g/mol. The van der Waals surface area contributed by atoms with Gasteiger partial charge in [-0.05, 0) is 35.4 Å². The molecule has 0 atom stereocenters. The van der Waals surface area contributed by atoms with Gasteiger partial charge in [-0.3, -0.25) is 4.79 Å². The van der Waals surface area contributed by atoms with Gasteiger partial charge in [-0.1, -0.05) is 35.2 Å². The van der Waals surface area contributed by atoms with Crippen molar-refractivity contribution in [3.8, 4) is 11.5 Å². The van der Waals surface area contributed by atoms with Crippen molar-refractivity contribution in [1.82, 2.24) is 30.3 Å². The number of hydrogen-bond donors (Lipinski definition) is 1. The average molecular weight is 452 g/mol. The highest BCUT2D eigenvalue weighted by molar-refractivity contribution is 8.00. The second-order valence-corrected chi connectivity index (χ2v) is 7.94. The standard InChI is InChI=1S/C21H17FN6O3S/c22-15-4-1-13(2-5-15)9-28-20-19(26-27-28)21(25-11-24-20)32-10-18(29)23-8-14-3-6-16-17(7-14)31-12-30-16/h1-7,11H,8-10,12H2,(H,23,29). The van der Waals surface area contributed by atoms with Crippen LogP contribution < -0.4 is 14.8 Å². The second kappa shape index (κ2) is 8.79. The number of carbonyl (C=O) groups is 1. The van der Waals surface area contributed by atoms with Crippen LogP contribution in [0.5, 0.6) is 11.5 Å². The van der Waals surface area contributed by atoms with Crippen LogP contribution in [0, 0.1) is 5.82 Å². The lowest BCUT2D eigenvalue weighted by molar-refractivity contribution is -0.118. The molecule has 0 spiro atoms. The van der Waals surface area contributed by atoms with E-state index in [1.807, 2.05) is 18.2 Å². The van der Waals surface area contributed by atoms with Gasteiger partial charge in [0.05, 0.1) is 12.3 Å². The van der Waals surface area contributed by atoms with Gasteiger partial charge in [0.2, 0.25) is 12.7 Å². The first kappa shape index (κ1) is 20.2. The van der Waals surface area contributed by atoms with Crippen LogP contribution in [0.4, 0.5) is 4.39 Å². The summed E-state index contributed by atoms with van der Waals surface area (Å²) in [5.74, 6) is 1.11. The molecular formula is C21H17FN6O3S. The lowest BCUT2D eigenvalue weighted by Crippen LogP contribution is -2.24. The molecule has 0 radical (unpaired) electrons. The van der Waals surface area contributed by atoms with Gasteiger partial charge in [-0.2, -0.15) is 0 Å². The first-order valence-electron chi connectivity index (χ1n) is 9.72. The number of rotatable bonds is 7. The Bertz CT molecular complexity index is 1280. The molecule has 0 bridgehead atoms. The predicted octanol–water partition coefficient (Wildman–Crippen LogP) is 2.55. The van der Waals surface area contributed by atoms with E-state index >= 15 is 0 Å². The molecule has 2 aromatic carbocycles. The van der Waals surface area contributed by atoms with Crippen LogP contribution in [0.15, 0.2) is 53.8 Å². The van der Waals surface area contributed by atoms with Crippen molar-refractivity contribution in [2.75, 3.05) is 12.5 Å². The van der Waals surface area contributed by atoms with Crippen LogP contribution in [-0.2, 0) is 17.9 Å². The zero-order valence-electron chi connectivity index (χ0n) is 16.7. The smallest absolute Gasteiger partial charge is 0.231 e. The summed E-state index contributed by atoms with van der Waals surface area (Å²) in [6, 6.07) is 11.7. The number of amides is 1. The molecule has 32 heavy (non-hydrogen) atoms.